The van der Waals surface area contributed by atoms with Gasteiger partial charge in [-0.2, -0.15) is 5.26 Å². The molecule has 8 rings (SSSR count). The fraction of sp³-hybridized carbons (Fsp3) is 0.213. The van der Waals surface area contributed by atoms with Crippen LogP contribution in [-0.2, 0) is 11.8 Å². The lowest BCUT2D eigenvalue weighted by atomic mass is 9.70. The van der Waals surface area contributed by atoms with Gasteiger partial charge in [0.1, 0.15) is 0 Å². The maximum Gasteiger partial charge on any atom is 0.0991 e. The molecule has 0 radical (unpaired) electrons. The first-order chi connectivity index (χ1) is 23.5. The molecule has 1 heteroatoms. The summed E-state index contributed by atoms with van der Waals surface area (Å²) in [4.78, 5) is 0. The van der Waals surface area contributed by atoms with Gasteiger partial charge in [-0.1, -0.05) is 147 Å². The normalized spacial score (nSPS) is 14.7. The molecule has 0 aromatic heterocycles. The largest absolute Gasteiger partial charge is 0.192 e. The molecule has 1 spiro atoms. The molecule has 6 aromatic carbocycles. The van der Waals surface area contributed by atoms with Crippen LogP contribution in [0.3, 0.4) is 0 Å². The van der Waals surface area contributed by atoms with Gasteiger partial charge in [0, 0.05) is 0 Å². The van der Waals surface area contributed by atoms with Gasteiger partial charge in [0.2, 0.25) is 0 Å². The van der Waals surface area contributed by atoms with Gasteiger partial charge in [-0.25, -0.2) is 0 Å². The molecule has 6 aromatic rings. The third-order valence-corrected chi connectivity index (χ3v) is 10.4. The number of nitrogens with zero attached hydrogens (tertiary/aromatic N) is 1. The lowest BCUT2D eigenvalue weighted by Gasteiger charge is -2.31. The van der Waals surface area contributed by atoms with Crippen LogP contribution in [0.2, 0.25) is 0 Å². The highest BCUT2D eigenvalue weighted by Crippen LogP contribution is 2.63. The molecule has 2 aliphatic carbocycles. The van der Waals surface area contributed by atoms with Crippen molar-refractivity contribution < 1.29 is 0 Å². The minimum atomic E-state index is -0.366. The van der Waals surface area contributed by atoms with E-state index in [-0.39, 0.29) is 5.41 Å². The summed E-state index contributed by atoms with van der Waals surface area (Å²) in [6.45, 7) is 8.76. The second kappa shape index (κ2) is 13.1. The Morgan fingerprint density at radius 3 is 1.69 bits per heavy atom. The van der Waals surface area contributed by atoms with E-state index in [0.717, 1.165) is 12.0 Å². The van der Waals surface area contributed by atoms with Gasteiger partial charge in [0.05, 0.1) is 17.0 Å². The van der Waals surface area contributed by atoms with Crippen molar-refractivity contribution in [1.82, 2.24) is 0 Å². The second-order valence-corrected chi connectivity index (χ2v) is 13.5. The van der Waals surface area contributed by atoms with Crippen molar-refractivity contribution >= 4 is 0 Å². The molecule has 2 aliphatic rings. The number of hydrogen-bond donors (Lipinski definition) is 0. The smallest absolute Gasteiger partial charge is 0.0991 e. The Bertz CT molecular complexity index is 2130. The van der Waals surface area contributed by atoms with E-state index in [1.807, 2.05) is 6.07 Å². The highest BCUT2D eigenvalue weighted by Gasteiger charge is 2.51. The predicted molar refractivity (Wildman–Crippen MR) is 201 cm³/mol. The van der Waals surface area contributed by atoms with Crippen molar-refractivity contribution in [3.8, 4) is 39.4 Å². The van der Waals surface area contributed by atoms with Crippen molar-refractivity contribution in [2.45, 2.75) is 65.2 Å². The van der Waals surface area contributed by atoms with Crippen LogP contribution in [-0.4, -0.2) is 0 Å². The number of rotatable bonds is 6. The average Bonchev–Trinajstić information content (AvgIpc) is 3.57. The molecule has 0 bridgehead atoms. The Balaban J connectivity index is 0.000000218. The first kappa shape index (κ1) is 31.4. The van der Waals surface area contributed by atoms with Crippen LogP contribution >= 0.6 is 0 Å². The highest BCUT2D eigenvalue weighted by atomic mass is 14.5. The molecule has 0 amide bonds. The zero-order valence-corrected chi connectivity index (χ0v) is 28.6. The number of nitriles is 1. The van der Waals surface area contributed by atoms with Crippen molar-refractivity contribution in [3.05, 3.63) is 177 Å². The van der Waals surface area contributed by atoms with E-state index in [0.29, 0.717) is 0 Å². The lowest BCUT2D eigenvalue weighted by molar-refractivity contribution is 0.666. The lowest BCUT2D eigenvalue weighted by Crippen LogP contribution is -2.26. The molecule has 1 nitrogen and oxygen atoms in total. The fourth-order valence-corrected chi connectivity index (χ4v) is 8.08. The molecule has 0 saturated carbocycles. The summed E-state index contributed by atoms with van der Waals surface area (Å²) in [5.41, 5.74) is 18.9. The molecule has 236 valence electrons. The van der Waals surface area contributed by atoms with Crippen molar-refractivity contribution in [1.29, 1.82) is 5.26 Å². The first-order valence-electron chi connectivity index (χ1n) is 17.5. The number of hydrogen-bond acceptors (Lipinski definition) is 1. The van der Waals surface area contributed by atoms with Crippen LogP contribution in [0.15, 0.2) is 127 Å². The molecule has 48 heavy (non-hydrogen) atoms. The summed E-state index contributed by atoms with van der Waals surface area (Å²) in [5.74, 6) is 0. The van der Waals surface area contributed by atoms with Gasteiger partial charge in [0.25, 0.3) is 0 Å². The van der Waals surface area contributed by atoms with Crippen molar-refractivity contribution in [2.75, 3.05) is 0 Å². The topological polar surface area (TPSA) is 23.8 Å². The number of unbranched alkanes of at least 4 members (excludes halogenated alkanes) is 3. The van der Waals surface area contributed by atoms with Crippen LogP contribution in [0.4, 0.5) is 0 Å². The maximum atomic E-state index is 9.79. The summed E-state index contributed by atoms with van der Waals surface area (Å²) in [7, 11) is 0. The highest BCUT2D eigenvalue weighted by molar-refractivity contribution is 5.95. The number of fused-ring (bicyclic) bond motifs is 10. The molecule has 0 aliphatic heterocycles. The SMILES string of the molecule is CCCCCCc1ccc2c(c1)C1(c3ccccc3-c3ccc(C)cc31)c1cc(C#N)ccc1-2.Cc1ccccc1-c1ccccc1C. The minimum absolute atomic E-state index is 0.366. The monoisotopic (exact) mass is 621 g/mol. The van der Waals surface area contributed by atoms with Gasteiger partial charge in [-0.15, -0.1) is 0 Å². The summed E-state index contributed by atoms with van der Waals surface area (Å²) >= 11 is 0. The van der Waals surface area contributed by atoms with Gasteiger partial charge in [-0.3, -0.25) is 0 Å². The van der Waals surface area contributed by atoms with Gasteiger partial charge in [-0.05, 0) is 118 Å². The second-order valence-electron chi connectivity index (χ2n) is 13.5. The number of benzene rings is 6. The average molecular weight is 622 g/mol. The van der Waals surface area contributed by atoms with E-state index in [1.165, 1.54) is 104 Å². The van der Waals surface area contributed by atoms with Crippen LogP contribution in [0.5, 0.6) is 0 Å². The van der Waals surface area contributed by atoms with E-state index in [1.54, 1.807) is 0 Å². The molecule has 0 N–H and O–H groups in total. The predicted octanol–water partition coefficient (Wildman–Crippen LogP) is 12.3. The van der Waals surface area contributed by atoms with E-state index in [4.69, 9.17) is 0 Å². The van der Waals surface area contributed by atoms with E-state index in [9.17, 15) is 5.26 Å². The molecule has 0 heterocycles. The third kappa shape index (κ3) is 5.27. The van der Waals surface area contributed by atoms with Crippen LogP contribution in [0.1, 0.15) is 82.7 Å². The summed E-state index contributed by atoms with van der Waals surface area (Å²) in [5, 5.41) is 9.79. The Kier molecular flexibility index (Phi) is 8.60. The Labute approximate surface area is 286 Å². The molecule has 1 unspecified atom stereocenters. The van der Waals surface area contributed by atoms with E-state index < -0.39 is 0 Å². The fourth-order valence-electron chi connectivity index (χ4n) is 8.08. The van der Waals surface area contributed by atoms with Gasteiger partial charge < -0.3 is 0 Å². The summed E-state index contributed by atoms with van der Waals surface area (Å²) in [6, 6.07) is 48.6. The van der Waals surface area contributed by atoms with E-state index >= 15 is 0 Å². The standard InChI is InChI=1S/C33H29N.C14H14/c1-3-4-5-6-9-23-13-16-27-28-17-14-24(21-34)20-32(28)33(31(27)19-23)29-11-8-7-10-25(29)26-15-12-22(2)18-30(26)33;1-11-7-3-5-9-13(11)14-10-6-4-8-12(14)2/h7-8,10-20H,3-6,9H2,1-2H3;3-10H,1-2H3. The van der Waals surface area contributed by atoms with Crippen LogP contribution in [0.25, 0.3) is 33.4 Å². The molecule has 0 saturated heterocycles. The Hall–Kier alpha value is -5.19. The number of aryl methyl sites for hydroxylation is 4. The molecule has 0 fully saturated rings. The van der Waals surface area contributed by atoms with Crippen LogP contribution in [0, 0.1) is 32.1 Å². The first-order valence-corrected chi connectivity index (χ1v) is 17.5. The summed E-state index contributed by atoms with van der Waals surface area (Å²) < 4.78 is 0. The quantitative estimate of drug-likeness (QED) is 0.169. The Morgan fingerprint density at radius 2 is 1.04 bits per heavy atom. The van der Waals surface area contributed by atoms with Gasteiger partial charge >= 0.3 is 0 Å². The van der Waals surface area contributed by atoms with E-state index in [2.05, 4.69) is 155 Å². The van der Waals surface area contributed by atoms with Crippen molar-refractivity contribution in [2.24, 2.45) is 0 Å². The van der Waals surface area contributed by atoms with Crippen LogP contribution < -0.4 is 0 Å². The molecule has 1 atom stereocenters. The third-order valence-electron chi connectivity index (χ3n) is 10.4. The minimum Gasteiger partial charge on any atom is -0.192 e. The maximum absolute atomic E-state index is 9.79. The Morgan fingerprint density at radius 1 is 0.500 bits per heavy atom. The van der Waals surface area contributed by atoms with Crippen molar-refractivity contribution in [3.63, 3.8) is 0 Å². The summed E-state index contributed by atoms with van der Waals surface area (Å²) in [6.07, 6.45) is 6.20. The molecular formula is C47H43N. The molecular weight excluding hydrogens is 579 g/mol. The zero-order valence-electron chi connectivity index (χ0n) is 28.6. The zero-order chi connectivity index (χ0) is 33.3. The van der Waals surface area contributed by atoms with Gasteiger partial charge in [0.15, 0.2) is 0 Å².